The Bertz CT molecular complexity index is 536. The predicted molar refractivity (Wildman–Crippen MR) is 62.3 cm³/mol. The van der Waals surface area contributed by atoms with Gasteiger partial charge in [-0.15, -0.1) is 0 Å². The number of carbonyl (C=O) groups excluding carboxylic acids is 1. The number of nitrogens with two attached hydrogens (primary N) is 1. The summed E-state index contributed by atoms with van der Waals surface area (Å²) in [5.41, 5.74) is 7.33. The molecule has 16 heavy (non-hydrogen) atoms. The van der Waals surface area contributed by atoms with Crippen molar-refractivity contribution < 1.29 is 9.53 Å². The molecule has 0 amide bonds. The maximum Gasteiger partial charge on any atom is 0.327 e. The SMILES string of the molecule is COC(=O)C(N)c1c[nH]c2cc(Cl)ccc12. The Hall–Kier alpha value is -1.52. The molecule has 0 spiro atoms. The van der Waals surface area contributed by atoms with Crippen molar-refractivity contribution in [1.29, 1.82) is 0 Å². The van der Waals surface area contributed by atoms with Gasteiger partial charge in [-0.1, -0.05) is 17.7 Å². The maximum atomic E-state index is 11.3. The lowest BCUT2D eigenvalue weighted by molar-refractivity contribution is -0.142. The molecule has 5 heteroatoms. The Kier molecular flexibility index (Phi) is 2.85. The minimum absolute atomic E-state index is 0.462. The second-order valence-electron chi connectivity index (χ2n) is 3.43. The summed E-state index contributed by atoms with van der Waals surface area (Å²) >= 11 is 5.85. The first-order valence-corrected chi connectivity index (χ1v) is 5.11. The number of hydrogen-bond donors (Lipinski definition) is 2. The normalized spacial score (nSPS) is 12.7. The molecule has 2 rings (SSSR count). The highest BCUT2D eigenvalue weighted by molar-refractivity contribution is 6.31. The molecular formula is C11H11ClN2O2. The second-order valence-corrected chi connectivity index (χ2v) is 3.87. The van der Waals surface area contributed by atoms with Gasteiger partial charge in [-0.3, -0.25) is 4.79 Å². The van der Waals surface area contributed by atoms with E-state index < -0.39 is 12.0 Å². The van der Waals surface area contributed by atoms with Gasteiger partial charge in [-0.25, -0.2) is 0 Å². The molecule has 1 heterocycles. The van der Waals surface area contributed by atoms with E-state index in [2.05, 4.69) is 9.72 Å². The number of nitrogens with one attached hydrogen (secondary N) is 1. The summed E-state index contributed by atoms with van der Waals surface area (Å²) in [6, 6.07) is 4.59. The number of benzene rings is 1. The van der Waals surface area contributed by atoms with Gasteiger partial charge in [0.05, 0.1) is 7.11 Å². The van der Waals surface area contributed by atoms with Crippen molar-refractivity contribution in [2.75, 3.05) is 7.11 Å². The Balaban J connectivity index is 2.50. The highest BCUT2D eigenvalue weighted by Gasteiger charge is 2.19. The van der Waals surface area contributed by atoms with E-state index in [4.69, 9.17) is 17.3 Å². The molecule has 84 valence electrons. The molecule has 3 N–H and O–H groups in total. The largest absolute Gasteiger partial charge is 0.468 e. The number of H-pyrrole nitrogens is 1. The number of rotatable bonds is 2. The van der Waals surface area contributed by atoms with Gasteiger partial charge in [0.1, 0.15) is 6.04 Å². The third-order valence-electron chi connectivity index (χ3n) is 2.47. The summed E-state index contributed by atoms with van der Waals surface area (Å²) < 4.78 is 4.60. The van der Waals surface area contributed by atoms with Gasteiger partial charge in [0.25, 0.3) is 0 Å². The van der Waals surface area contributed by atoms with E-state index in [1.807, 2.05) is 6.07 Å². The molecule has 1 atom stereocenters. The van der Waals surface area contributed by atoms with Crippen LogP contribution in [0, 0.1) is 0 Å². The van der Waals surface area contributed by atoms with Crippen LogP contribution in [0.2, 0.25) is 5.02 Å². The Labute approximate surface area is 97.3 Å². The average Bonchev–Trinajstić information content (AvgIpc) is 2.69. The highest BCUT2D eigenvalue weighted by atomic mass is 35.5. The van der Waals surface area contributed by atoms with E-state index >= 15 is 0 Å². The maximum absolute atomic E-state index is 11.3. The zero-order valence-corrected chi connectivity index (χ0v) is 9.41. The van der Waals surface area contributed by atoms with Crippen LogP contribution in [0.5, 0.6) is 0 Å². The summed E-state index contributed by atoms with van der Waals surface area (Å²) in [5.74, 6) is -0.462. The van der Waals surface area contributed by atoms with Crippen molar-refractivity contribution in [3.05, 3.63) is 35.0 Å². The molecule has 0 bridgehead atoms. The van der Waals surface area contributed by atoms with Crippen LogP contribution in [-0.2, 0) is 9.53 Å². The summed E-state index contributed by atoms with van der Waals surface area (Å²) in [4.78, 5) is 14.4. The number of hydrogen-bond acceptors (Lipinski definition) is 3. The van der Waals surface area contributed by atoms with Crippen LogP contribution in [0.1, 0.15) is 11.6 Å². The van der Waals surface area contributed by atoms with Gasteiger partial charge in [0.2, 0.25) is 0 Å². The average molecular weight is 239 g/mol. The van der Waals surface area contributed by atoms with Gasteiger partial charge in [-0.2, -0.15) is 0 Å². The molecule has 1 aromatic heterocycles. The van der Waals surface area contributed by atoms with Crippen molar-refractivity contribution in [2.24, 2.45) is 5.73 Å². The molecule has 0 saturated carbocycles. The molecule has 1 unspecified atom stereocenters. The van der Waals surface area contributed by atoms with Gasteiger partial charge < -0.3 is 15.5 Å². The van der Waals surface area contributed by atoms with E-state index in [0.29, 0.717) is 10.6 Å². The summed E-state index contributed by atoms with van der Waals surface area (Å²) in [6.45, 7) is 0. The molecule has 0 saturated heterocycles. The quantitative estimate of drug-likeness (QED) is 0.787. The topological polar surface area (TPSA) is 68.1 Å². The highest BCUT2D eigenvalue weighted by Crippen LogP contribution is 2.25. The lowest BCUT2D eigenvalue weighted by Gasteiger charge is -2.07. The monoisotopic (exact) mass is 238 g/mol. The fraction of sp³-hybridized carbons (Fsp3) is 0.182. The standard InChI is InChI=1S/C11H11ClN2O2/c1-16-11(15)10(13)8-5-14-9-4-6(12)2-3-7(8)9/h2-5,10,14H,13H2,1H3. The van der Waals surface area contributed by atoms with E-state index in [0.717, 1.165) is 10.9 Å². The first-order chi connectivity index (χ1) is 7.63. The van der Waals surface area contributed by atoms with Gasteiger partial charge in [-0.05, 0) is 12.1 Å². The third kappa shape index (κ3) is 1.77. The fourth-order valence-corrected chi connectivity index (χ4v) is 1.80. The summed E-state index contributed by atoms with van der Waals surface area (Å²) in [6.07, 6.45) is 1.70. The van der Waals surface area contributed by atoms with Gasteiger partial charge in [0.15, 0.2) is 0 Å². The number of carbonyl (C=O) groups is 1. The van der Waals surface area contributed by atoms with Crippen molar-refractivity contribution in [3.8, 4) is 0 Å². The molecule has 0 aliphatic carbocycles. The predicted octanol–water partition coefficient (Wildman–Crippen LogP) is 1.99. The summed E-state index contributed by atoms with van der Waals surface area (Å²) in [7, 11) is 1.31. The third-order valence-corrected chi connectivity index (χ3v) is 2.70. The summed E-state index contributed by atoms with van der Waals surface area (Å²) in [5, 5.41) is 1.51. The number of aromatic amines is 1. The molecule has 2 aromatic rings. The molecule has 4 nitrogen and oxygen atoms in total. The Morgan fingerprint density at radius 1 is 1.56 bits per heavy atom. The molecule has 0 fully saturated rings. The zero-order valence-electron chi connectivity index (χ0n) is 8.66. The van der Waals surface area contributed by atoms with Crippen molar-refractivity contribution >= 4 is 28.5 Å². The minimum Gasteiger partial charge on any atom is -0.468 e. The number of esters is 1. The number of fused-ring (bicyclic) bond motifs is 1. The molecule has 1 aromatic carbocycles. The zero-order chi connectivity index (χ0) is 11.7. The van der Waals surface area contributed by atoms with E-state index in [-0.39, 0.29) is 0 Å². The van der Waals surface area contributed by atoms with E-state index in [9.17, 15) is 4.79 Å². The van der Waals surface area contributed by atoms with E-state index in [1.165, 1.54) is 7.11 Å². The number of ether oxygens (including phenoxy) is 1. The molecule has 0 aliphatic rings. The van der Waals surface area contributed by atoms with Gasteiger partial charge >= 0.3 is 5.97 Å². The van der Waals surface area contributed by atoms with Crippen LogP contribution in [0.25, 0.3) is 10.9 Å². The molecule has 0 radical (unpaired) electrons. The molecular weight excluding hydrogens is 228 g/mol. The van der Waals surface area contributed by atoms with Crippen LogP contribution in [0.3, 0.4) is 0 Å². The number of aromatic nitrogens is 1. The van der Waals surface area contributed by atoms with Crippen LogP contribution in [0.4, 0.5) is 0 Å². The molecule has 0 aliphatic heterocycles. The number of halogens is 1. The van der Waals surface area contributed by atoms with Crippen LogP contribution in [0.15, 0.2) is 24.4 Å². The van der Waals surface area contributed by atoms with Gasteiger partial charge in [0, 0.05) is 27.7 Å². The van der Waals surface area contributed by atoms with Crippen LogP contribution < -0.4 is 5.73 Å². The lowest BCUT2D eigenvalue weighted by Crippen LogP contribution is -2.22. The lowest BCUT2D eigenvalue weighted by atomic mass is 10.1. The van der Waals surface area contributed by atoms with Crippen molar-refractivity contribution in [3.63, 3.8) is 0 Å². The Morgan fingerprint density at radius 3 is 3.00 bits per heavy atom. The van der Waals surface area contributed by atoms with Crippen LogP contribution >= 0.6 is 11.6 Å². The van der Waals surface area contributed by atoms with Crippen LogP contribution in [-0.4, -0.2) is 18.1 Å². The minimum atomic E-state index is -0.778. The van der Waals surface area contributed by atoms with Crippen molar-refractivity contribution in [2.45, 2.75) is 6.04 Å². The first-order valence-electron chi connectivity index (χ1n) is 4.73. The van der Waals surface area contributed by atoms with Crippen molar-refractivity contribution in [1.82, 2.24) is 4.98 Å². The Morgan fingerprint density at radius 2 is 2.31 bits per heavy atom. The number of methoxy groups -OCH3 is 1. The fourth-order valence-electron chi connectivity index (χ4n) is 1.63. The van der Waals surface area contributed by atoms with E-state index in [1.54, 1.807) is 18.3 Å². The smallest absolute Gasteiger partial charge is 0.327 e. The second kappa shape index (κ2) is 4.15. The first kappa shape index (κ1) is 11.0.